The van der Waals surface area contributed by atoms with Crippen LogP contribution in [0.5, 0.6) is 0 Å². The number of amides is 3. The number of carbonyl (C=O) groups excluding carboxylic acids is 3. The predicted octanol–water partition coefficient (Wildman–Crippen LogP) is 2.17. The van der Waals surface area contributed by atoms with Gasteiger partial charge in [-0.05, 0) is 33.6 Å². The van der Waals surface area contributed by atoms with Crippen molar-refractivity contribution in [2.75, 3.05) is 38.1 Å². The smallest absolute Gasteiger partial charge is 0.410 e. The molecule has 1 aromatic heterocycles. The summed E-state index contributed by atoms with van der Waals surface area (Å²) in [4.78, 5) is 41.6. The second-order valence-electron chi connectivity index (χ2n) is 8.83. The van der Waals surface area contributed by atoms with Gasteiger partial charge in [0.25, 0.3) is 0 Å². The zero-order valence-electron chi connectivity index (χ0n) is 17.3. The third-order valence-corrected chi connectivity index (χ3v) is 5.42. The number of hydrogen-bond acceptors (Lipinski definition) is 5. The van der Waals surface area contributed by atoms with Crippen molar-refractivity contribution in [2.24, 2.45) is 5.41 Å². The molecule has 2 fully saturated rings. The number of nitrogens with zero attached hydrogens (tertiary/aromatic N) is 5. The molecule has 0 aliphatic carbocycles. The first kappa shape index (κ1) is 20.2. The molecule has 0 bridgehead atoms. The van der Waals surface area contributed by atoms with E-state index in [2.05, 4.69) is 5.10 Å². The molecular formula is C19H29N5O4. The molecule has 1 spiro atoms. The average Bonchev–Trinajstić information content (AvgIpc) is 3.32. The molecule has 154 valence electrons. The summed E-state index contributed by atoms with van der Waals surface area (Å²) in [6.07, 6.45) is 4.48. The van der Waals surface area contributed by atoms with Crippen LogP contribution < -0.4 is 4.90 Å². The van der Waals surface area contributed by atoms with E-state index in [1.165, 1.54) is 22.7 Å². The van der Waals surface area contributed by atoms with Crippen LogP contribution >= 0.6 is 0 Å². The van der Waals surface area contributed by atoms with Gasteiger partial charge in [-0.3, -0.25) is 4.79 Å². The molecule has 1 aromatic rings. The summed E-state index contributed by atoms with van der Waals surface area (Å²) in [5, 5.41) is 4.11. The number of likely N-dealkylation sites (tertiary alicyclic amines) is 2. The molecule has 3 heterocycles. The summed E-state index contributed by atoms with van der Waals surface area (Å²) in [7, 11) is 1.64. The molecule has 9 nitrogen and oxygen atoms in total. The van der Waals surface area contributed by atoms with Crippen molar-refractivity contribution < 1.29 is 19.1 Å². The average molecular weight is 391 g/mol. The lowest BCUT2D eigenvalue weighted by Crippen LogP contribution is -2.39. The standard InChI is InChI=1S/C19H29N5O4/c1-14(25)21(5)15-10-20-24(11-15)16(26)22-8-6-19(12-22)7-9-23(13-19)17(27)28-18(2,3)4/h10-11H,6-9,12-13H2,1-5H3. The Bertz CT molecular complexity index is 784. The van der Waals surface area contributed by atoms with E-state index in [4.69, 9.17) is 4.74 Å². The monoisotopic (exact) mass is 391 g/mol. The van der Waals surface area contributed by atoms with Crippen LogP contribution in [0.15, 0.2) is 12.4 Å². The van der Waals surface area contributed by atoms with Gasteiger partial charge in [-0.1, -0.05) is 0 Å². The Morgan fingerprint density at radius 1 is 1.14 bits per heavy atom. The van der Waals surface area contributed by atoms with Crippen molar-refractivity contribution in [3.05, 3.63) is 12.4 Å². The van der Waals surface area contributed by atoms with E-state index in [1.54, 1.807) is 23.0 Å². The van der Waals surface area contributed by atoms with E-state index in [-0.39, 0.29) is 23.4 Å². The van der Waals surface area contributed by atoms with Crippen LogP contribution in [0.25, 0.3) is 0 Å². The molecule has 1 unspecified atom stereocenters. The van der Waals surface area contributed by atoms with Crippen molar-refractivity contribution in [3.63, 3.8) is 0 Å². The van der Waals surface area contributed by atoms with Gasteiger partial charge < -0.3 is 19.4 Å². The normalized spacial score (nSPS) is 22.0. The van der Waals surface area contributed by atoms with Crippen LogP contribution in [0.1, 0.15) is 40.5 Å². The largest absolute Gasteiger partial charge is 0.444 e. The van der Waals surface area contributed by atoms with Gasteiger partial charge in [-0.15, -0.1) is 0 Å². The van der Waals surface area contributed by atoms with Crippen molar-refractivity contribution >= 4 is 23.7 Å². The molecular weight excluding hydrogens is 362 g/mol. The van der Waals surface area contributed by atoms with Crippen molar-refractivity contribution in [2.45, 2.75) is 46.1 Å². The Labute approximate surface area is 165 Å². The molecule has 0 aromatic carbocycles. The Balaban J connectivity index is 1.62. The minimum absolute atomic E-state index is 0.0846. The van der Waals surface area contributed by atoms with Crippen LogP contribution in [0, 0.1) is 5.41 Å². The third-order valence-electron chi connectivity index (χ3n) is 5.42. The van der Waals surface area contributed by atoms with E-state index in [1.807, 2.05) is 20.8 Å². The van der Waals surface area contributed by atoms with E-state index >= 15 is 0 Å². The van der Waals surface area contributed by atoms with E-state index in [9.17, 15) is 14.4 Å². The molecule has 2 saturated heterocycles. The maximum atomic E-state index is 12.8. The van der Waals surface area contributed by atoms with Crippen molar-refractivity contribution in [3.8, 4) is 0 Å². The fraction of sp³-hybridized carbons (Fsp3) is 0.684. The zero-order chi connectivity index (χ0) is 20.7. The molecule has 0 saturated carbocycles. The lowest BCUT2D eigenvalue weighted by Gasteiger charge is -2.27. The number of rotatable bonds is 1. The van der Waals surface area contributed by atoms with E-state index < -0.39 is 5.60 Å². The second-order valence-corrected chi connectivity index (χ2v) is 8.83. The molecule has 2 aliphatic rings. The van der Waals surface area contributed by atoms with Crippen LogP contribution in [0.4, 0.5) is 15.3 Å². The Kier molecular flexibility index (Phi) is 5.12. The van der Waals surface area contributed by atoms with E-state index in [0.717, 1.165) is 12.8 Å². The van der Waals surface area contributed by atoms with Crippen LogP contribution in [0.2, 0.25) is 0 Å². The Morgan fingerprint density at radius 3 is 2.36 bits per heavy atom. The maximum absolute atomic E-state index is 12.8. The quantitative estimate of drug-likeness (QED) is 0.732. The molecule has 0 radical (unpaired) electrons. The topological polar surface area (TPSA) is 88.0 Å². The molecule has 9 heteroatoms. The van der Waals surface area contributed by atoms with Crippen molar-refractivity contribution in [1.29, 1.82) is 0 Å². The van der Waals surface area contributed by atoms with Gasteiger partial charge >= 0.3 is 12.1 Å². The lowest BCUT2D eigenvalue weighted by molar-refractivity contribution is -0.116. The summed E-state index contributed by atoms with van der Waals surface area (Å²) in [6, 6.07) is -0.212. The SMILES string of the molecule is CC(=O)N(C)c1cnn(C(=O)N2CCC3(CCN(C(=O)OC(C)(C)C)C3)C2)c1. The van der Waals surface area contributed by atoms with Gasteiger partial charge in [-0.2, -0.15) is 9.78 Å². The molecule has 2 aliphatic heterocycles. The first-order chi connectivity index (χ1) is 13.0. The lowest BCUT2D eigenvalue weighted by atomic mass is 9.86. The number of hydrogen-bond donors (Lipinski definition) is 0. The number of ether oxygens (including phenoxy) is 1. The highest BCUT2D eigenvalue weighted by molar-refractivity contribution is 5.91. The van der Waals surface area contributed by atoms with Crippen LogP contribution in [-0.2, 0) is 9.53 Å². The molecule has 3 amide bonds. The summed E-state index contributed by atoms with van der Waals surface area (Å²) < 4.78 is 6.74. The fourth-order valence-corrected chi connectivity index (χ4v) is 3.77. The summed E-state index contributed by atoms with van der Waals surface area (Å²) in [5.74, 6) is -0.125. The minimum Gasteiger partial charge on any atom is -0.444 e. The predicted molar refractivity (Wildman–Crippen MR) is 103 cm³/mol. The van der Waals surface area contributed by atoms with E-state index in [0.29, 0.717) is 31.9 Å². The first-order valence-corrected chi connectivity index (χ1v) is 9.56. The van der Waals surface area contributed by atoms with Crippen molar-refractivity contribution in [1.82, 2.24) is 19.6 Å². The third kappa shape index (κ3) is 4.13. The summed E-state index contributed by atoms with van der Waals surface area (Å²) in [5.41, 5.74) is -0.0274. The van der Waals surface area contributed by atoms with Gasteiger partial charge in [0.15, 0.2) is 0 Å². The van der Waals surface area contributed by atoms with Gasteiger partial charge in [0, 0.05) is 45.6 Å². The minimum atomic E-state index is -0.519. The molecule has 28 heavy (non-hydrogen) atoms. The second kappa shape index (κ2) is 7.10. The van der Waals surface area contributed by atoms with Gasteiger partial charge in [-0.25, -0.2) is 9.59 Å². The molecule has 3 rings (SSSR count). The first-order valence-electron chi connectivity index (χ1n) is 9.56. The van der Waals surface area contributed by atoms with Gasteiger partial charge in [0.2, 0.25) is 5.91 Å². The van der Waals surface area contributed by atoms with Crippen LogP contribution in [-0.4, -0.2) is 76.4 Å². The summed E-state index contributed by atoms with van der Waals surface area (Å²) in [6.45, 7) is 9.48. The number of aromatic nitrogens is 2. The maximum Gasteiger partial charge on any atom is 0.410 e. The van der Waals surface area contributed by atoms with Gasteiger partial charge in [0.05, 0.1) is 18.1 Å². The Morgan fingerprint density at radius 2 is 1.75 bits per heavy atom. The van der Waals surface area contributed by atoms with Crippen LogP contribution in [0.3, 0.4) is 0 Å². The highest BCUT2D eigenvalue weighted by atomic mass is 16.6. The number of anilines is 1. The summed E-state index contributed by atoms with van der Waals surface area (Å²) >= 11 is 0. The Hall–Kier alpha value is -2.58. The molecule has 1 atom stereocenters. The highest BCUT2D eigenvalue weighted by Gasteiger charge is 2.47. The van der Waals surface area contributed by atoms with Gasteiger partial charge in [0.1, 0.15) is 5.60 Å². The molecule has 0 N–H and O–H groups in total. The zero-order valence-corrected chi connectivity index (χ0v) is 17.3. The highest BCUT2D eigenvalue weighted by Crippen LogP contribution is 2.40. The number of carbonyl (C=O) groups is 3. The fourth-order valence-electron chi connectivity index (χ4n) is 3.77.